The Morgan fingerprint density at radius 2 is 1.97 bits per heavy atom. The minimum atomic E-state index is -0.271. The highest BCUT2D eigenvalue weighted by atomic mass is 32.2. The SMILES string of the molecule is COc1cccc(CSc2nc(CC(=O)NC(C)c3ccccc3)cc(=O)[nH]2)c1. The van der Waals surface area contributed by atoms with E-state index in [9.17, 15) is 9.59 Å². The van der Waals surface area contributed by atoms with Crippen LogP contribution in [0.1, 0.15) is 29.8 Å². The third kappa shape index (κ3) is 6.22. The van der Waals surface area contributed by atoms with Gasteiger partial charge in [-0.25, -0.2) is 4.98 Å². The quantitative estimate of drug-likeness (QED) is 0.439. The molecule has 1 amide bonds. The normalized spacial score (nSPS) is 11.7. The Morgan fingerprint density at radius 3 is 2.72 bits per heavy atom. The fourth-order valence-corrected chi connectivity index (χ4v) is 3.68. The molecular weight excluding hydrogens is 386 g/mol. The van der Waals surface area contributed by atoms with Crippen molar-refractivity contribution in [2.45, 2.75) is 30.3 Å². The molecular formula is C22H23N3O3S. The molecule has 1 atom stereocenters. The van der Waals surface area contributed by atoms with Gasteiger partial charge in [0.1, 0.15) is 5.75 Å². The standard InChI is InChI=1S/C22H23N3O3S/c1-15(17-8-4-3-5-9-17)23-20(26)12-18-13-21(27)25-22(24-18)29-14-16-7-6-10-19(11-16)28-2/h3-11,13,15H,12,14H2,1-2H3,(H,23,26)(H,24,25,27). The molecule has 3 aromatic rings. The number of rotatable bonds is 8. The molecule has 7 heteroatoms. The van der Waals surface area contributed by atoms with Crippen molar-refractivity contribution in [2.75, 3.05) is 7.11 Å². The van der Waals surface area contributed by atoms with Crippen LogP contribution in [-0.2, 0) is 17.0 Å². The van der Waals surface area contributed by atoms with Crippen molar-refractivity contribution in [3.05, 3.63) is 87.8 Å². The van der Waals surface area contributed by atoms with Crippen LogP contribution in [0.4, 0.5) is 0 Å². The second-order valence-electron chi connectivity index (χ2n) is 6.56. The Labute approximate surface area is 173 Å². The lowest BCUT2D eigenvalue weighted by Gasteiger charge is -2.14. The first kappa shape index (κ1) is 20.7. The molecule has 6 nitrogen and oxygen atoms in total. The molecule has 3 rings (SSSR count). The number of ether oxygens (including phenoxy) is 1. The molecule has 0 saturated heterocycles. The van der Waals surface area contributed by atoms with E-state index in [0.29, 0.717) is 16.6 Å². The largest absolute Gasteiger partial charge is 0.497 e. The molecule has 150 valence electrons. The third-order valence-corrected chi connectivity index (χ3v) is 5.25. The molecule has 2 N–H and O–H groups in total. The van der Waals surface area contributed by atoms with E-state index in [4.69, 9.17) is 4.74 Å². The lowest BCUT2D eigenvalue weighted by atomic mass is 10.1. The minimum absolute atomic E-state index is 0.0494. The molecule has 0 aliphatic carbocycles. The molecule has 0 spiro atoms. The highest BCUT2D eigenvalue weighted by Gasteiger charge is 2.12. The van der Waals surface area contributed by atoms with Crippen molar-refractivity contribution in [3.63, 3.8) is 0 Å². The second-order valence-corrected chi connectivity index (χ2v) is 7.52. The van der Waals surface area contributed by atoms with Crippen LogP contribution in [0.5, 0.6) is 5.75 Å². The number of hydrogen-bond donors (Lipinski definition) is 2. The summed E-state index contributed by atoms with van der Waals surface area (Å²) in [6.45, 7) is 1.92. The first-order valence-corrected chi connectivity index (χ1v) is 10.2. The summed E-state index contributed by atoms with van der Waals surface area (Å²) in [5, 5.41) is 3.43. The van der Waals surface area contributed by atoms with Crippen LogP contribution >= 0.6 is 11.8 Å². The molecule has 2 aromatic carbocycles. The van der Waals surface area contributed by atoms with E-state index in [1.165, 1.54) is 17.8 Å². The van der Waals surface area contributed by atoms with Crippen molar-refractivity contribution in [1.29, 1.82) is 0 Å². The Hall–Kier alpha value is -3.06. The summed E-state index contributed by atoms with van der Waals surface area (Å²) >= 11 is 1.40. The van der Waals surface area contributed by atoms with Gasteiger partial charge in [-0.15, -0.1) is 0 Å². The van der Waals surface area contributed by atoms with Crippen molar-refractivity contribution in [3.8, 4) is 5.75 Å². The van der Waals surface area contributed by atoms with Gasteiger partial charge >= 0.3 is 0 Å². The number of H-pyrrole nitrogens is 1. The van der Waals surface area contributed by atoms with Crippen LogP contribution in [0.25, 0.3) is 0 Å². The molecule has 1 aromatic heterocycles. The Morgan fingerprint density at radius 1 is 1.17 bits per heavy atom. The summed E-state index contributed by atoms with van der Waals surface area (Å²) < 4.78 is 5.23. The molecule has 0 fully saturated rings. The van der Waals surface area contributed by atoms with Gasteiger partial charge in [0, 0.05) is 11.8 Å². The highest BCUT2D eigenvalue weighted by Crippen LogP contribution is 2.21. The van der Waals surface area contributed by atoms with Crippen molar-refractivity contribution < 1.29 is 9.53 Å². The van der Waals surface area contributed by atoms with Gasteiger partial charge in [0.2, 0.25) is 5.91 Å². The first-order valence-electron chi connectivity index (χ1n) is 9.24. The van der Waals surface area contributed by atoms with Crippen LogP contribution in [0.3, 0.4) is 0 Å². The fraction of sp³-hybridized carbons (Fsp3) is 0.227. The predicted octanol–water partition coefficient (Wildman–Crippen LogP) is 3.49. The van der Waals surface area contributed by atoms with E-state index in [0.717, 1.165) is 16.9 Å². The predicted molar refractivity (Wildman–Crippen MR) is 114 cm³/mol. The van der Waals surface area contributed by atoms with E-state index >= 15 is 0 Å². The van der Waals surface area contributed by atoms with Crippen LogP contribution in [0.2, 0.25) is 0 Å². The maximum absolute atomic E-state index is 12.4. The zero-order valence-electron chi connectivity index (χ0n) is 16.3. The third-order valence-electron chi connectivity index (χ3n) is 4.30. The molecule has 0 bridgehead atoms. The van der Waals surface area contributed by atoms with Gasteiger partial charge in [-0.1, -0.05) is 54.2 Å². The van der Waals surface area contributed by atoms with Crippen LogP contribution in [-0.4, -0.2) is 23.0 Å². The monoisotopic (exact) mass is 409 g/mol. The number of nitrogens with one attached hydrogen (secondary N) is 2. The molecule has 0 saturated carbocycles. The average molecular weight is 410 g/mol. The molecule has 29 heavy (non-hydrogen) atoms. The fourth-order valence-electron chi connectivity index (χ4n) is 2.84. The summed E-state index contributed by atoms with van der Waals surface area (Å²) in [5.41, 5.74) is 2.25. The Bertz CT molecular complexity index is 1020. The summed E-state index contributed by atoms with van der Waals surface area (Å²) in [4.78, 5) is 31.5. The van der Waals surface area contributed by atoms with Gasteiger partial charge in [-0.2, -0.15) is 0 Å². The Kier molecular flexibility index (Phi) is 7.08. The minimum Gasteiger partial charge on any atom is -0.497 e. The van der Waals surface area contributed by atoms with E-state index in [2.05, 4.69) is 15.3 Å². The van der Waals surface area contributed by atoms with E-state index in [1.807, 2.05) is 61.5 Å². The van der Waals surface area contributed by atoms with Gasteiger partial charge in [0.25, 0.3) is 5.56 Å². The number of amides is 1. The number of aromatic amines is 1. The second kappa shape index (κ2) is 9.93. The number of hydrogen-bond acceptors (Lipinski definition) is 5. The maximum Gasteiger partial charge on any atom is 0.251 e. The topological polar surface area (TPSA) is 84.1 Å². The number of methoxy groups -OCH3 is 1. The first-order chi connectivity index (χ1) is 14.0. The van der Waals surface area contributed by atoms with Crippen molar-refractivity contribution >= 4 is 17.7 Å². The van der Waals surface area contributed by atoms with E-state index in [-0.39, 0.29) is 23.9 Å². The van der Waals surface area contributed by atoms with Crippen LogP contribution < -0.4 is 15.6 Å². The van der Waals surface area contributed by atoms with Crippen molar-refractivity contribution in [2.24, 2.45) is 0 Å². The van der Waals surface area contributed by atoms with Gasteiger partial charge in [-0.3, -0.25) is 9.59 Å². The van der Waals surface area contributed by atoms with Gasteiger partial charge in [-0.05, 0) is 30.2 Å². The maximum atomic E-state index is 12.4. The summed E-state index contributed by atoms with van der Waals surface area (Å²) in [5.74, 6) is 1.23. The lowest BCUT2D eigenvalue weighted by Crippen LogP contribution is -2.29. The van der Waals surface area contributed by atoms with E-state index in [1.54, 1.807) is 7.11 Å². The zero-order chi connectivity index (χ0) is 20.6. The van der Waals surface area contributed by atoms with Crippen molar-refractivity contribution in [1.82, 2.24) is 15.3 Å². The summed E-state index contributed by atoms with van der Waals surface area (Å²) in [6.07, 6.45) is 0.0494. The van der Waals surface area contributed by atoms with Gasteiger partial charge in [0.05, 0.1) is 25.3 Å². The average Bonchev–Trinajstić information content (AvgIpc) is 2.72. The number of aromatic nitrogens is 2. The number of benzene rings is 2. The van der Waals surface area contributed by atoms with Crippen LogP contribution in [0, 0.1) is 0 Å². The molecule has 1 unspecified atom stereocenters. The van der Waals surface area contributed by atoms with Crippen LogP contribution in [0.15, 0.2) is 70.6 Å². The number of thioether (sulfide) groups is 1. The smallest absolute Gasteiger partial charge is 0.251 e. The van der Waals surface area contributed by atoms with Gasteiger partial charge < -0.3 is 15.0 Å². The molecule has 0 aliphatic heterocycles. The summed E-state index contributed by atoms with van der Waals surface area (Å²) in [6, 6.07) is 18.7. The van der Waals surface area contributed by atoms with E-state index < -0.39 is 0 Å². The van der Waals surface area contributed by atoms with Gasteiger partial charge in [0.15, 0.2) is 5.16 Å². The number of carbonyl (C=O) groups excluding carboxylic acids is 1. The molecule has 0 radical (unpaired) electrons. The zero-order valence-corrected chi connectivity index (χ0v) is 17.2. The molecule has 0 aliphatic rings. The Balaban J connectivity index is 1.62. The summed E-state index contributed by atoms with van der Waals surface area (Å²) in [7, 11) is 1.62. The number of nitrogens with zero attached hydrogens (tertiary/aromatic N) is 1. The molecule has 1 heterocycles. The number of carbonyl (C=O) groups is 1. The lowest BCUT2D eigenvalue weighted by molar-refractivity contribution is -0.121. The highest BCUT2D eigenvalue weighted by molar-refractivity contribution is 7.98.